The lowest BCUT2D eigenvalue weighted by atomic mass is 10.1. The number of carbonyl (C=O) groups excluding carboxylic acids is 2. The van der Waals surface area contributed by atoms with Crippen LogP contribution in [-0.2, 0) is 9.53 Å². The Morgan fingerprint density at radius 1 is 1.03 bits per heavy atom. The molecule has 1 aromatic heterocycles. The summed E-state index contributed by atoms with van der Waals surface area (Å²) in [6, 6.07) is 15.6. The molecule has 0 spiro atoms. The van der Waals surface area contributed by atoms with Gasteiger partial charge < -0.3 is 19.7 Å². The van der Waals surface area contributed by atoms with E-state index in [-0.39, 0.29) is 18.4 Å². The highest BCUT2D eigenvalue weighted by molar-refractivity contribution is 7.20. The molecule has 0 saturated carbocycles. The van der Waals surface area contributed by atoms with E-state index < -0.39 is 0 Å². The molecule has 0 atom stereocenters. The zero-order valence-corrected chi connectivity index (χ0v) is 20.0. The number of anilines is 1. The van der Waals surface area contributed by atoms with Gasteiger partial charge >= 0.3 is 0 Å². The van der Waals surface area contributed by atoms with E-state index in [0.29, 0.717) is 42.6 Å². The van der Waals surface area contributed by atoms with Crippen LogP contribution in [0.2, 0.25) is 0 Å². The van der Waals surface area contributed by atoms with Crippen molar-refractivity contribution in [3.05, 3.63) is 70.8 Å². The molecule has 1 aliphatic rings. The standard InChI is InChI=1S/C26H28N2O4S/c1-17-9-10-21(15-18(17)2)32-16-22(29)27-25-23(26(30)28-11-13-31-14-12-28)19(3)24(33-25)20-7-5-4-6-8-20/h4-10,15H,11-14,16H2,1-3H3,(H,27,29). The Bertz CT molecular complexity index is 1150. The van der Waals surface area contributed by atoms with Gasteiger partial charge in [-0.05, 0) is 55.2 Å². The lowest BCUT2D eigenvalue weighted by molar-refractivity contribution is -0.118. The fraction of sp³-hybridized carbons (Fsp3) is 0.308. The lowest BCUT2D eigenvalue weighted by Crippen LogP contribution is -2.41. The van der Waals surface area contributed by atoms with Crippen molar-refractivity contribution in [2.75, 3.05) is 38.2 Å². The van der Waals surface area contributed by atoms with E-state index in [2.05, 4.69) is 5.32 Å². The van der Waals surface area contributed by atoms with Crippen LogP contribution in [-0.4, -0.2) is 49.6 Å². The van der Waals surface area contributed by atoms with Crippen LogP contribution in [0.15, 0.2) is 48.5 Å². The maximum Gasteiger partial charge on any atom is 0.262 e. The van der Waals surface area contributed by atoms with E-state index in [0.717, 1.165) is 21.6 Å². The van der Waals surface area contributed by atoms with Crippen LogP contribution in [0.4, 0.5) is 5.00 Å². The van der Waals surface area contributed by atoms with Crippen molar-refractivity contribution in [3.8, 4) is 16.2 Å². The third kappa shape index (κ3) is 5.26. The number of ether oxygens (including phenoxy) is 2. The van der Waals surface area contributed by atoms with Gasteiger partial charge in [0.05, 0.1) is 18.8 Å². The van der Waals surface area contributed by atoms with Crippen LogP contribution < -0.4 is 10.1 Å². The van der Waals surface area contributed by atoms with Gasteiger partial charge in [-0.2, -0.15) is 0 Å². The third-order valence-electron chi connectivity index (χ3n) is 5.80. The Balaban J connectivity index is 1.58. The molecule has 4 rings (SSSR count). The van der Waals surface area contributed by atoms with Gasteiger partial charge in [-0.15, -0.1) is 11.3 Å². The molecule has 7 heteroatoms. The Hall–Kier alpha value is -3.16. The topological polar surface area (TPSA) is 67.9 Å². The number of morpholine rings is 1. The van der Waals surface area contributed by atoms with Gasteiger partial charge in [-0.3, -0.25) is 9.59 Å². The summed E-state index contributed by atoms with van der Waals surface area (Å²) in [5, 5.41) is 3.49. The van der Waals surface area contributed by atoms with E-state index in [1.165, 1.54) is 16.9 Å². The van der Waals surface area contributed by atoms with Gasteiger partial charge in [0.2, 0.25) is 0 Å². The minimum absolute atomic E-state index is 0.0837. The van der Waals surface area contributed by atoms with Gasteiger partial charge in [-0.1, -0.05) is 36.4 Å². The number of benzene rings is 2. The average Bonchev–Trinajstić information content (AvgIpc) is 3.16. The smallest absolute Gasteiger partial charge is 0.262 e. The zero-order valence-electron chi connectivity index (χ0n) is 19.1. The van der Waals surface area contributed by atoms with E-state index in [1.54, 1.807) is 4.90 Å². The molecule has 0 bridgehead atoms. The lowest BCUT2D eigenvalue weighted by Gasteiger charge is -2.27. The van der Waals surface area contributed by atoms with Crippen molar-refractivity contribution in [1.29, 1.82) is 0 Å². The van der Waals surface area contributed by atoms with Crippen LogP contribution in [0.3, 0.4) is 0 Å². The van der Waals surface area contributed by atoms with Crippen molar-refractivity contribution in [2.24, 2.45) is 0 Å². The molecule has 33 heavy (non-hydrogen) atoms. The number of hydrogen-bond acceptors (Lipinski definition) is 5. The predicted molar refractivity (Wildman–Crippen MR) is 131 cm³/mol. The summed E-state index contributed by atoms with van der Waals surface area (Å²) >= 11 is 1.42. The normalized spacial score (nSPS) is 13.6. The first-order valence-corrected chi connectivity index (χ1v) is 11.8. The molecule has 6 nitrogen and oxygen atoms in total. The van der Waals surface area contributed by atoms with E-state index in [4.69, 9.17) is 9.47 Å². The van der Waals surface area contributed by atoms with Gasteiger partial charge in [0, 0.05) is 18.0 Å². The molecule has 1 aliphatic heterocycles. The molecule has 172 valence electrons. The molecule has 1 saturated heterocycles. The number of nitrogens with zero attached hydrogens (tertiary/aromatic N) is 1. The summed E-state index contributed by atoms with van der Waals surface area (Å²) in [6.45, 7) is 7.96. The Morgan fingerprint density at radius 2 is 1.76 bits per heavy atom. The first-order chi connectivity index (χ1) is 15.9. The predicted octanol–water partition coefficient (Wildman–Crippen LogP) is 4.83. The number of aryl methyl sites for hydroxylation is 2. The van der Waals surface area contributed by atoms with E-state index in [1.807, 2.05) is 69.3 Å². The molecule has 0 aliphatic carbocycles. The van der Waals surface area contributed by atoms with Gasteiger partial charge in [0.1, 0.15) is 10.8 Å². The van der Waals surface area contributed by atoms with Crippen LogP contribution in [0.1, 0.15) is 27.0 Å². The summed E-state index contributed by atoms with van der Waals surface area (Å²) in [5.74, 6) is 0.259. The minimum Gasteiger partial charge on any atom is -0.484 e. The number of rotatable bonds is 6. The van der Waals surface area contributed by atoms with Crippen molar-refractivity contribution in [3.63, 3.8) is 0 Å². The molecular weight excluding hydrogens is 436 g/mol. The van der Waals surface area contributed by atoms with Crippen LogP contribution in [0.25, 0.3) is 10.4 Å². The van der Waals surface area contributed by atoms with Crippen LogP contribution in [0.5, 0.6) is 5.75 Å². The van der Waals surface area contributed by atoms with Crippen molar-refractivity contribution >= 4 is 28.2 Å². The molecule has 1 fully saturated rings. The molecule has 0 unspecified atom stereocenters. The van der Waals surface area contributed by atoms with Gasteiger partial charge in [0.15, 0.2) is 6.61 Å². The Morgan fingerprint density at radius 3 is 2.45 bits per heavy atom. The van der Waals surface area contributed by atoms with E-state index >= 15 is 0 Å². The van der Waals surface area contributed by atoms with Gasteiger partial charge in [-0.25, -0.2) is 0 Å². The largest absolute Gasteiger partial charge is 0.484 e. The quantitative estimate of drug-likeness (QED) is 0.567. The molecule has 1 N–H and O–H groups in total. The zero-order chi connectivity index (χ0) is 23.4. The highest BCUT2D eigenvalue weighted by Gasteiger charge is 2.28. The number of nitrogens with one attached hydrogen (secondary N) is 1. The minimum atomic E-state index is -0.301. The van der Waals surface area contributed by atoms with Crippen molar-refractivity contribution in [2.45, 2.75) is 20.8 Å². The first-order valence-electron chi connectivity index (χ1n) is 11.0. The number of thiophene rings is 1. The summed E-state index contributed by atoms with van der Waals surface area (Å²) in [4.78, 5) is 28.9. The highest BCUT2D eigenvalue weighted by Crippen LogP contribution is 2.40. The van der Waals surface area contributed by atoms with E-state index in [9.17, 15) is 9.59 Å². The third-order valence-corrected chi connectivity index (χ3v) is 7.05. The first kappa shape index (κ1) is 23.0. The number of amides is 2. The number of hydrogen-bond donors (Lipinski definition) is 1. The molecule has 3 aromatic rings. The van der Waals surface area contributed by atoms with Crippen molar-refractivity contribution < 1.29 is 19.1 Å². The Kier molecular flexibility index (Phi) is 7.11. The van der Waals surface area contributed by atoms with Crippen LogP contribution in [0, 0.1) is 20.8 Å². The van der Waals surface area contributed by atoms with Crippen molar-refractivity contribution in [1.82, 2.24) is 4.90 Å². The maximum absolute atomic E-state index is 13.4. The molecular formula is C26H28N2O4S. The highest BCUT2D eigenvalue weighted by atomic mass is 32.1. The van der Waals surface area contributed by atoms with Crippen LogP contribution >= 0.6 is 11.3 Å². The summed E-state index contributed by atoms with van der Waals surface area (Å²) in [6.07, 6.45) is 0. The monoisotopic (exact) mass is 464 g/mol. The number of carbonyl (C=O) groups is 2. The molecule has 2 amide bonds. The SMILES string of the molecule is Cc1ccc(OCC(=O)Nc2sc(-c3ccccc3)c(C)c2C(=O)N2CCOCC2)cc1C. The average molecular weight is 465 g/mol. The Labute approximate surface area is 198 Å². The summed E-state index contributed by atoms with van der Waals surface area (Å²) in [5.41, 5.74) is 4.70. The maximum atomic E-state index is 13.4. The second-order valence-corrected chi connectivity index (χ2v) is 9.13. The fourth-order valence-corrected chi connectivity index (χ4v) is 4.98. The van der Waals surface area contributed by atoms with Gasteiger partial charge in [0.25, 0.3) is 11.8 Å². The fourth-order valence-electron chi connectivity index (χ4n) is 3.76. The summed E-state index contributed by atoms with van der Waals surface area (Å²) in [7, 11) is 0. The molecule has 2 heterocycles. The second-order valence-electron chi connectivity index (χ2n) is 8.11. The molecule has 0 radical (unpaired) electrons. The second kappa shape index (κ2) is 10.2. The molecule has 2 aromatic carbocycles. The summed E-state index contributed by atoms with van der Waals surface area (Å²) < 4.78 is 11.1.